The molecule has 2 unspecified atom stereocenters. The summed E-state index contributed by atoms with van der Waals surface area (Å²) in [4.78, 5) is 20.7. The summed E-state index contributed by atoms with van der Waals surface area (Å²) in [7, 11) is 0. The highest BCUT2D eigenvalue weighted by molar-refractivity contribution is 5.82. The smallest absolute Gasteiger partial charge is 0.240 e. The molecule has 4 nitrogen and oxygen atoms in total. The van der Waals surface area contributed by atoms with E-state index in [-0.39, 0.29) is 6.04 Å². The number of benzene rings is 2. The first-order valence-corrected chi connectivity index (χ1v) is 11.1. The number of amides is 1. The van der Waals surface area contributed by atoms with Crippen LogP contribution in [0.5, 0.6) is 0 Å². The monoisotopic (exact) mass is 389 g/mol. The number of aryl methyl sites for hydroxylation is 1. The van der Waals surface area contributed by atoms with E-state index in [4.69, 9.17) is 0 Å². The molecule has 3 aliphatic rings. The topological polar surface area (TPSA) is 26.8 Å². The Morgan fingerprint density at radius 2 is 1.93 bits per heavy atom. The van der Waals surface area contributed by atoms with Crippen LogP contribution in [0.15, 0.2) is 48.5 Å². The molecular weight excluding hydrogens is 358 g/mol. The van der Waals surface area contributed by atoms with Gasteiger partial charge in [-0.3, -0.25) is 14.6 Å². The van der Waals surface area contributed by atoms with Crippen molar-refractivity contribution in [3.8, 4) is 0 Å². The van der Waals surface area contributed by atoms with E-state index in [0.29, 0.717) is 11.9 Å². The lowest BCUT2D eigenvalue weighted by molar-refractivity contribution is -0.139. The second-order valence-corrected chi connectivity index (χ2v) is 8.90. The Hall–Kier alpha value is -2.17. The van der Waals surface area contributed by atoms with Crippen molar-refractivity contribution in [2.75, 3.05) is 32.7 Å². The van der Waals surface area contributed by atoms with Gasteiger partial charge in [0.15, 0.2) is 0 Å². The summed E-state index contributed by atoms with van der Waals surface area (Å²) >= 11 is 0. The lowest BCUT2D eigenvalue weighted by Crippen LogP contribution is -2.55. The SMILES string of the molecule is Cc1cccc(CN2CCCC2C(=O)N2CCN3CCc4ccccc4C3C2)c1. The van der Waals surface area contributed by atoms with Gasteiger partial charge in [0, 0.05) is 32.7 Å². The Morgan fingerprint density at radius 1 is 1.03 bits per heavy atom. The predicted molar refractivity (Wildman–Crippen MR) is 116 cm³/mol. The molecule has 0 saturated carbocycles. The van der Waals surface area contributed by atoms with E-state index >= 15 is 0 Å². The first-order chi connectivity index (χ1) is 14.2. The van der Waals surface area contributed by atoms with Gasteiger partial charge in [0.25, 0.3) is 0 Å². The molecule has 0 radical (unpaired) electrons. The molecule has 2 atom stereocenters. The van der Waals surface area contributed by atoms with Crippen LogP contribution in [0.4, 0.5) is 0 Å². The normalized spacial score (nSPS) is 24.9. The average molecular weight is 390 g/mol. The molecule has 3 aliphatic heterocycles. The van der Waals surface area contributed by atoms with Crippen molar-refractivity contribution in [1.29, 1.82) is 0 Å². The predicted octanol–water partition coefficient (Wildman–Crippen LogP) is 3.40. The third kappa shape index (κ3) is 3.72. The van der Waals surface area contributed by atoms with Crippen LogP contribution in [0, 0.1) is 6.92 Å². The number of nitrogens with zero attached hydrogens (tertiary/aromatic N) is 3. The van der Waals surface area contributed by atoms with Crippen molar-refractivity contribution in [3.05, 3.63) is 70.8 Å². The standard InChI is InChI=1S/C25H31N3O/c1-19-6-4-7-20(16-19)17-27-12-5-10-23(27)25(29)28-15-14-26-13-11-21-8-2-3-9-22(21)24(26)18-28/h2-4,6-9,16,23-24H,5,10-15,17-18H2,1H3. The van der Waals surface area contributed by atoms with Crippen molar-refractivity contribution in [2.45, 2.75) is 44.8 Å². The lowest BCUT2D eigenvalue weighted by atomic mass is 9.91. The minimum atomic E-state index is 0.0425. The number of hydrogen-bond acceptors (Lipinski definition) is 3. The van der Waals surface area contributed by atoms with Crippen LogP contribution >= 0.6 is 0 Å². The highest BCUT2D eigenvalue weighted by atomic mass is 16.2. The van der Waals surface area contributed by atoms with Gasteiger partial charge < -0.3 is 4.90 Å². The quantitative estimate of drug-likeness (QED) is 0.805. The molecule has 5 rings (SSSR count). The maximum atomic E-state index is 13.5. The fourth-order valence-electron chi connectivity index (χ4n) is 5.49. The number of piperazine rings is 1. The molecule has 0 aromatic heterocycles. The van der Waals surface area contributed by atoms with Gasteiger partial charge in [-0.25, -0.2) is 0 Å². The van der Waals surface area contributed by atoms with Gasteiger partial charge in [0.2, 0.25) is 5.91 Å². The van der Waals surface area contributed by atoms with Crippen LogP contribution in [0.3, 0.4) is 0 Å². The highest BCUT2D eigenvalue weighted by Crippen LogP contribution is 2.33. The van der Waals surface area contributed by atoms with Crippen LogP contribution in [-0.2, 0) is 17.8 Å². The van der Waals surface area contributed by atoms with Gasteiger partial charge in [-0.2, -0.15) is 0 Å². The summed E-state index contributed by atoms with van der Waals surface area (Å²) in [6.07, 6.45) is 3.24. The number of fused-ring (bicyclic) bond motifs is 3. The molecule has 0 N–H and O–H groups in total. The van der Waals surface area contributed by atoms with Crippen molar-refractivity contribution < 1.29 is 4.79 Å². The van der Waals surface area contributed by atoms with E-state index in [1.54, 1.807) is 0 Å². The summed E-state index contributed by atoms with van der Waals surface area (Å²) in [6, 6.07) is 17.9. The minimum absolute atomic E-state index is 0.0425. The van der Waals surface area contributed by atoms with Crippen LogP contribution in [0.1, 0.15) is 41.1 Å². The van der Waals surface area contributed by atoms with Gasteiger partial charge >= 0.3 is 0 Å². The summed E-state index contributed by atoms with van der Waals surface area (Å²) in [5.74, 6) is 0.345. The zero-order chi connectivity index (χ0) is 19.8. The Bertz CT molecular complexity index is 895. The summed E-state index contributed by atoms with van der Waals surface area (Å²) in [5.41, 5.74) is 5.50. The molecule has 0 spiro atoms. The summed E-state index contributed by atoms with van der Waals surface area (Å²) < 4.78 is 0. The summed E-state index contributed by atoms with van der Waals surface area (Å²) in [5, 5.41) is 0. The van der Waals surface area contributed by atoms with Gasteiger partial charge in [0.1, 0.15) is 0 Å². The number of carbonyl (C=O) groups is 1. The molecule has 1 amide bonds. The van der Waals surface area contributed by atoms with Crippen LogP contribution in [0.25, 0.3) is 0 Å². The molecule has 152 valence electrons. The first-order valence-electron chi connectivity index (χ1n) is 11.1. The largest absolute Gasteiger partial charge is 0.338 e. The van der Waals surface area contributed by atoms with E-state index in [1.807, 2.05) is 0 Å². The van der Waals surface area contributed by atoms with Crippen LogP contribution < -0.4 is 0 Å². The Labute approximate surface area is 174 Å². The maximum Gasteiger partial charge on any atom is 0.240 e. The van der Waals surface area contributed by atoms with E-state index in [1.165, 1.54) is 22.3 Å². The molecule has 2 fully saturated rings. The third-order valence-corrected chi connectivity index (χ3v) is 7.00. The minimum Gasteiger partial charge on any atom is -0.338 e. The molecule has 0 aliphatic carbocycles. The number of likely N-dealkylation sites (tertiary alicyclic amines) is 1. The number of rotatable bonds is 3. The van der Waals surface area contributed by atoms with Crippen molar-refractivity contribution in [2.24, 2.45) is 0 Å². The molecule has 0 bridgehead atoms. The maximum absolute atomic E-state index is 13.5. The molecule has 2 aromatic rings. The zero-order valence-corrected chi connectivity index (χ0v) is 17.4. The van der Waals surface area contributed by atoms with E-state index in [2.05, 4.69) is 70.2 Å². The molecule has 4 heteroatoms. The van der Waals surface area contributed by atoms with Crippen molar-refractivity contribution in [1.82, 2.24) is 14.7 Å². The zero-order valence-electron chi connectivity index (χ0n) is 17.4. The van der Waals surface area contributed by atoms with E-state index in [0.717, 1.165) is 58.5 Å². The second kappa shape index (κ2) is 7.92. The second-order valence-electron chi connectivity index (χ2n) is 8.90. The number of carbonyl (C=O) groups excluding carboxylic acids is 1. The average Bonchev–Trinajstić information content (AvgIpc) is 3.21. The van der Waals surface area contributed by atoms with Crippen LogP contribution in [-0.4, -0.2) is 59.4 Å². The third-order valence-electron chi connectivity index (χ3n) is 7.00. The summed E-state index contributed by atoms with van der Waals surface area (Å²) in [6.45, 7) is 7.86. The highest BCUT2D eigenvalue weighted by Gasteiger charge is 2.38. The molecule has 29 heavy (non-hydrogen) atoms. The van der Waals surface area contributed by atoms with Gasteiger partial charge in [-0.15, -0.1) is 0 Å². The number of hydrogen-bond donors (Lipinski definition) is 0. The lowest BCUT2D eigenvalue weighted by Gasteiger charge is -2.45. The van der Waals surface area contributed by atoms with E-state index < -0.39 is 0 Å². The first kappa shape index (κ1) is 18.8. The van der Waals surface area contributed by atoms with Gasteiger partial charge in [0.05, 0.1) is 12.1 Å². The Morgan fingerprint density at radius 3 is 2.83 bits per heavy atom. The fourth-order valence-corrected chi connectivity index (χ4v) is 5.49. The molecule has 3 heterocycles. The van der Waals surface area contributed by atoms with E-state index in [9.17, 15) is 4.79 Å². The molecule has 2 saturated heterocycles. The van der Waals surface area contributed by atoms with Crippen molar-refractivity contribution in [3.63, 3.8) is 0 Å². The van der Waals surface area contributed by atoms with Crippen LogP contribution in [0.2, 0.25) is 0 Å². The Balaban J connectivity index is 1.30. The Kier molecular flexibility index (Phi) is 5.15. The van der Waals surface area contributed by atoms with Gasteiger partial charge in [-0.1, -0.05) is 54.1 Å². The van der Waals surface area contributed by atoms with Gasteiger partial charge in [-0.05, 0) is 49.4 Å². The van der Waals surface area contributed by atoms with Crippen molar-refractivity contribution >= 4 is 5.91 Å². The fraction of sp³-hybridized carbons (Fsp3) is 0.480. The molecule has 2 aromatic carbocycles. The molecular formula is C25H31N3O.